The van der Waals surface area contributed by atoms with Crippen molar-refractivity contribution in [2.45, 2.75) is 6.92 Å². The molecule has 0 saturated heterocycles. The lowest BCUT2D eigenvalue weighted by atomic mass is 10.1. The van der Waals surface area contributed by atoms with E-state index in [2.05, 4.69) is 11.1 Å². The van der Waals surface area contributed by atoms with Gasteiger partial charge in [0.15, 0.2) is 17.1 Å². The van der Waals surface area contributed by atoms with Crippen LogP contribution in [0.2, 0.25) is 0 Å². The number of benzene rings is 2. The van der Waals surface area contributed by atoms with Gasteiger partial charge in [-0.1, -0.05) is 24.3 Å². The molecule has 4 aromatic rings. The van der Waals surface area contributed by atoms with Gasteiger partial charge in [0.2, 0.25) is 0 Å². The molecule has 24 heavy (non-hydrogen) atoms. The van der Waals surface area contributed by atoms with Gasteiger partial charge in [-0.2, -0.15) is 5.10 Å². The van der Waals surface area contributed by atoms with Crippen molar-refractivity contribution in [1.82, 2.24) is 14.6 Å². The van der Waals surface area contributed by atoms with Crippen LogP contribution in [0.3, 0.4) is 0 Å². The van der Waals surface area contributed by atoms with Gasteiger partial charge < -0.3 is 9.47 Å². The van der Waals surface area contributed by atoms with E-state index in [4.69, 9.17) is 14.6 Å². The zero-order valence-electron chi connectivity index (χ0n) is 13.8. The Kier molecular flexibility index (Phi) is 3.34. The van der Waals surface area contributed by atoms with Crippen molar-refractivity contribution in [2.24, 2.45) is 0 Å². The molecule has 120 valence electrons. The van der Waals surface area contributed by atoms with Gasteiger partial charge in [0.05, 0.1) is 25.4 Å². The Balaban J connectivity index is 2.00. The van der Waals surface area contributed by atoms with Crippen LogP contribution in [0.25, 0.3) is 27.7 Å². The molecular formula is C19H17N3O2. The van der Waals surface area contributed by atoms with Crippen molar-refractivity contribution >= 4 is 16.6 Å². The number of ether oxygens (including phenoxy) is 2. The average molecular weight is 319 g/mol. The summed E-state index contributed by atoms with van der Waals surface area (Å²) in [6, 6.07) is 14.0. The number of rotatable bonds is 3. The lowest BCUT2D eigenvalue weighted by Crippen LogP contribution is -1.93. The predicted octanol–water partition coefficient (Wildman–Crippen LogP) is 3.88. The summed E-state index contributed by atoms with van der Waals surface area (Å²) in [5, 5.41) is 5.76. The summed E-state index contributed by atoms with van der Waals surface area (Å²) in [6.45, 7) is 2.00. The van der Waals surface area contributed by atoms with Gasteiger partial charge >= 0.3 is 0 Å². The Hall–Kier alpha value is -3.08. The van der Waals surface area contributed by atoms with E-state index in [9.17, 15) is 0 Å². The molecule has 0 fully saturated rings. The first-order chi connectivity index (χ1) is 11.7. The number of aryl methyl sites for hydroxylation is 1. The van der Waals surface area contributed by atoms with Crippen molar-refractivity contribution in [1.29, 1.82) is 0 Å². The standard InChI is InChI=1S/C19H17N3O2/c1-12-18(13-8-9-16(23-2)17(10-13)24-3)19-20-11-14-6-4-5-7-15(14)22(19)21-12/h4-11H,1-3H3. The van der Waals surface area contributed by atoms with E-state index in [-0.39, 0.29) is 0 Å². The second-order valence-corrected chi connectivity index (χ2v) is 5.58. The molecule has 0 N–H and O–H groups in total. The fourth-order valence-corrected chi connectivity index (χ4v) is 3.05. The summed E-state index contributed by atoms with van der Waals surface area (Å²) in [5.74, 6) is 1.39. The van der Waals surface area contributed by atoms with E-state index in [1.165, 1.54) is 0 Å². The summed E-state index contributed by atoms with van der Waals surface area (Å²) in [5.41, 5.74) is 4.80. The highest BCUT2D eigenvalue weighted by atomic mass is 16.5. The third-order valence-corrected chi connectivity index (χ3v) is 4.20. The summed E-state index contributed by atoms with van der Waals surface area (Å²) in [7, 11) is 3.27. The molecule has 2 aromatic heterocycles. The van der Waals surface area contributed by atoms with Gasteiger partial charge in [0, 0.05) is 17.1 Å². The molecule has 0 atom stereocenters. The van der Waals surface area contributed by atoms with E-state index in [1.807, 2.05) is 54.0 Å². The fraction of sp³-hybridized carbons (Fsp3) is 0.158. The van der Waals surface area contributed by atoms with E-state index in [0.29, 0.717) is 11.5 Å². The summed E-state index contributed by atoms with van der Waals surface area (Å²) in [4.78, 5) is 4.63. The van der Waals surface area contributed by atoms with Gasteiger partial charge in [0.1, 0.15) is 0 Å². The molecule has 0 bridgehead atoms. The van der Waals surface area contributed by atoms with Gasteiger partial charge in [-0.15, -0.1) is 0 Å². The first kappa shape index (κ1) is 14.5. The minimum absolute atomic E-state index is 0.689. The lowest BCUT2D eigenvalue weighted by Gasteiger charge is -2.09. The number of hydrogen-bond acceptors (Lipinski definition) is 4. The smallest absolute Gasteiger partial charge is 0.163 e. The molecule has 2 aromatic carbocycles. The van der Waals surface area contributed by atoms with Crippen LogP contribution in [-0.4, -0.2) is 28.8 Å². The molecular weight excluding hydrogens is 302 g/mol. The molecule has 0 aliphatic carbocycles. The Labute approximate surface area is 139 Å². The van der Waals surface area contributed by atoms with Crippen LogP contribution < -0.4 is 9.47 Å². The fourth-order valence-electron chi connectivity index (χ4n) is 3.05. The average Bonchev–Trinajstić information content (AvgIpc) is 2.97. The molecule has 0 radical (unpaired) electrons. The number of hydrogen-bond donors (Lipinski definition) is 0. The van der Waals surface area contributed by atoms with Crippen molar-refractivity contribution < 1.29 is 9.47 Å². The minimum Gasteiger partial charge on any atom is -0.493 e. The van der Waals surface area contributed by atoms with Crippen molar-refractivity contribution in [3.63, 3.8) is 0 Å². The van der Waals surface area contributed by atoms with Crippen LogP contribution in [-0.2, 0) is 0 Å². The molecule has 5 nitrogen and oxygen atoms in total. The highest BCUT2D eigenvalue weighted by molar-refractivity contribution is 5.87. The van der Waals surface area contributed by atoms with E-state index in [1.54, 1.807) is 14.2 Å². The van der Waals surface area contributed by atoms with Gasteiger partial charge in [0.25, 0.3) is 0 Å². The first-order valence-corrected chi connectivity index (χ1v) is 7.68. The summed E-state index contributed by atoms with van der Waals surface area (Å²) in [6.07, 6.45) is 1.88. The van der Waals surface area contributed by atoms with Crippen molar-refractivity contribution in [3.8, 4) is 22.6 Å². The Morgan fingerprint density at radius 1 is 0.958 bits per heavy atom. The Bertz CT molecular complexity index is 1050. The largest absolute Gasteiger partial charge is 0.493 e. The van der Waals surface area contributed by atoms with Crippen LogP contribution in [0.1, 0.15) is 5.69 Å². The van der Waals surface area contributed by atoms with Crippen LogP contribution >= 0.6 is 0 Å². The zero-order chi connectivity index (χ0) is 16.7. The van der Waals surface area contributed by atoms with E-state index < -0.39 is 0 Å². The Morgan fingerprint density at radius 3 is 2.54 bits per heavy atom. The topological polar surface area (TPSA) is 48.7 Å². The van der Waals surface area contributed by atoms with Crippen LogP contribution in [0.15, 0.2) is 48.7 Å². The molecule has 0 unspecified atom stereocenters. The number of nitrogens with zero attached hydrogens (tertiary/aromatic N) is 3. The molecule has 5 heteroatoms. The summed E-state index contributed by atoms with van der Waals surface area (Å²) < 4.78 is 12.6. The second-order valence-electron chi connectivity index (χ2n) is 5.58. The summed E-state index contributed by atoms with van der Waals surface area (Å²) >= 11 is 0. The monoisotopic (exact) mass is 319 g/mol. The highest BCUT2D eigenvalue weighted by Gasteiger charge is 2.16. The zero-order valence-corrected chi connectivity index (χ0v) is 13.8. The van der Waals surface area contributed by atoms with Crippen molar-refractivity contribution in [3.05, 3.63) is 54.4 Å². The second kappa shape index (κ2) is 5.53. The van der Waals surface area contributed by atoms with Gasteiger partial charge in [-0.05, 0) is 30.7 Å². The number of methoxy groups -OCH3 is 2. The molecule has 2 heterocycles. The van der Waals surface area contributed by atoms with Crippen LogP contribution in [0.5, 0.6) is 11.5 Å². The van der Waals surface area contributed by atoms with Crippen LogP contribution in [0, 0.1) is 6.92 Å². The SMILES string of the molecule is COc1ccc(-c2c(C)nn3c2ncc2ccccc23)cc1OC. The minimum atomic E-state index is 0.689. The molecule has 0 aliphatic rings. The highest BCUT2D eigenvalue weighted by Crippen LogP contribution is 2.35. The quantitative estimate of drug-likeness (QED) is 0.575. The van der Waals surface area contributed by atoms with Crippen molar-refractivity contribution in [2.75, 3.05) is 14.2 Å². The van der Waals surface area contributed by atoms with Gasteiger partial charge in [-0.3, -0.25) is 0 Å². The third kappa shape index (κ3) is 2.09. The van der Waals surface area contributed by atoms with E-state index >= 15 is 0 Å². The molecule has 0 spiro atoms. The molecule has 0 saturated carbocycles. The maximum atomic E-state index is 5.42. The lowest BCUT2D eigenvalue weighted by molar-refractivity contribution is 0.355. The van der Waals surface area contributed by atoms with E-state index in [0.717, 1.165) is 33.4 Å². The van der Waals surface area contributed by atoms with Crippen LogP contribution in [0.4, 0.5) is 0 Å². The maximum Gasteiger partial charge on any atom is 0.163 e. The number of aromatic nitrogens is 3. The molecule has 0 amide bonds. The number of fused-ring (bicyclic) bond motifs is 3. The Morgan fingerprint density at radius 2 is 1.75 bits per heavy atom. The molecule has 0 aliphatic heterocycles. The predicted molar refractivity (Wildman–Crippen MR) is 93.8 cm³/mol. The maximum absolute atomic E-state index is 5.42. The third-order valence-electron chi connectivity index (χ3n) is 4.20. The molecule has 4 rings (SSSR count). The first-order valence-electron chi connectivity index (χ1n) is 7.68. The number of para-hydroxylation sites is 1. The normalized spacial score (nSPS) is 11.1. The van der Waals surface area contributed by atoms with Gasteiger partial charge in [-0.25, -0.2) is 9.50 Å².